The summed E-state index contributed by atoms with van der Waals surface area (Å²) in [7, 11) is 0. The molecular formula is C25H20F3N3O2. The van der Waals surface area contributed by atoms with Crippen molar-refractivity contribution >= 4 is 11.6 Å². The summed E-state index contributed by atoms with van der Waals surface area (Å²) in [6.07, 6.45) is 0.420. The highest BCUT2D eigenvalue weighted by molar-refractivity contribution is 5.90. The number of rotatable bonds is 7. The van der Waals surface area contributed by atoms with Crippen LogP contribution in [0.5, 0.6) is 11.6 Å². The van der Waals surface area contributed by atoms with Crippen LogP contribution in [0.15, 0.2) is 72.8 Å². The highest BCUT2D eigenvalue weighted by Crippen LogP contribution is 2.31. The number of nitrogens with zero attached hydrogens (tertiary/aromatic N) is 2. The summed E-state index contributed by atoms with van der Waals surface area (Å²) in [6, 6.07) is 16.7. The number of hydrogen-bond acceptors (Lipinski definition) is 3. The molecular weight excluding hydrogens is 431 g/mol. The Morgan fingerprint density at radius 1 is 0.879 bits per heavy atom. The fraction of sp³-hybridized carbons (Fsp3) is 0.120. The van der Waals surface area contributed by atoms with Crippen molar-refractivity contribution in [1.29, 1.82) is 0 Å². The van der Waals surface area contributed by atoms with Gasteiger partial charge in [0, 0.05) is 17.7 Å². The number of anilines is 1. The first-order valence-electron chi connectivity index (χ1n) is 10.2. The molecule has 0 bridgehead atoms. The number of nitrogens with one attached hydrogen (secondary N) is 1. The number of aryl methyl sites for hydroxylation is 1. The summed E-state index contributed by atoms with van der Waals surface area (Å²) in [4.78, 5) is 12.4. The van der Waals surface area contributed by atoms with E-state index in [0.717, 1.165) is 0 Å². The standard InChI is InChI=1S/C25H20F3N3O2/c1-16-23(14-15-24(32)29-20-8-2-17(26)3-9-20)25(33-22-12-6-19(28)7-13-22)31(30-16)21-10-4-18(27)5-11-21/h2-13H,14-15H2,1H3,(H,29,32). The van der Waals surface area contributed by atoms with Crippen molar-refractivity contribution in [1.82, 2.24) is 9.78 Å². The predicted octanol–water partition coefficient (Wildman–Crippen LogP) is 5.96. The minimum absolute atomic E-state index is 0.118. The van der Waals surface area contributed by atoms with E-state index in [1.54, 1.807) is 19.1 Å². The Morgan fingerprint density at radius 3 is 2.03 bits per heavy atom. The molecule has 0 aliphatic rings. The normalized spacial score (nSPS) is 10.8. The molecule has 1 amide bonds. The third kappa shape index (κ3) is 5.41. The van der Waals surface area contributed by atoms with E-state index < -0.39 is 5.82 Å². The molecule has 1 aromatic heterocycles. The van der Waals surface area contributed by atoms with Crippen molar-refractivity contribution in [2.24, 2.45) is 0 Å². The van der Waals surface area contributed by atoms with Gasteiger partial charge in [0.05, 0.1) is 11.4 Å². The molecule has 0 aliphatic carbocycles. The Labute approximate surface area is 188 Å². The van der Waals surface area contributed by atoms with E-state index in [1.165, 1.54) is 65.3 Å². The third-order valence-electron chi connectivity index (χ3n) is 4.97. The zero-order valence-electron chi connectivity index (χ0n) is 17.7. The highest BCUT2D eigenvalue weighted by atomic mass is 19.1. The number of carbonyl (C=O) groups is 1. The third-order valence-corrected chi connectivity index (χ3v) is 4.97. The van der Waals surface area contributed by atoms with Crippen molar-refractivity contribution in [3.05, 3.63) is 102 Å². The van der Waals surface area contributed by atoms with Gasteiger partial charge in [-0.1, -0.05) is 0 Å². The van der Waals surface area contributed by atoms with Gasteiger partial charge in [0.25, 0.3) is 0 Å². The Bertz CT molecular complexity index is 1250. The molecule has 0 aliphatic heterocycles. The first-order chi connectivity index (χ1) is 15.9. The molecule has 1 N–H and O–H groups in total. The maximum absolute atomic E-state index is 13.4. The van der Waals surface area contributed by atoms with Gasteiger partial charge in [-0.15, -0.1) is 0 Å². The second-order valence-corrected chi connectivity index (χ2v) is 7.37. The van der Waals surface area contributed by atoms with Crippen molar-refractivity contribution in [3.8, 4) is 17.3 Å². The van der Waals surface area contributed by atoms with Gasteiger partial charge in [-0.05, 0) is 86.1 Å². The quantitative estimate of drug-likeness (QED) is 0.377. The van der Waals surface area contributed by atoms with Gasteiger partial charge in [0.2, 0.25) is 11.8 Å². The largest absolute Gasteiger partial charge is 0.439 e. The van der Waals surface area contributed by atoms with Crippen LogP contribution in [-0.4, -0.2) is 15.7 Å². The van der Waals surface area contributed by atoms with Crippen molar-refractivity contribution in [2.75, 3.05) is 5.32 Å². The van der Waals surface area contributed by atoms with Gasteiger partial charge < -0.3 is 10.1 Å². The number of amides is 1. The summed E-state index contributed by atoms with van der Waals surface area (Å²) < 4.78 is 47.4. The van der Waals surface area contributed by atoms with E-state index in [1.807, 2.05) is 0 Å². The smallest absolute Gasteiger partial charge is 0.226 e. The highest BCUT2D eigenvalue weighted by Gasteiger charge is 2.20. The van der Waals surface area contributed by atoms with E-state index in [9.17, 15) is 18.0 Å². The lowest BCUT2D eigenvalue weighted by atomic mass is 10.1. The summed E-state index contributed by atoms with van der Waals surface area (Å²) in [5, 5.41) is 7.24. The summed E-state index contributed by atoms with van der Waals surface area (Å²) in [5.41, 5.74) is 2.37. The topological polar surface area (TPSA) is 56.2 Å². The molecule has 0 saturated heterocycles. The number of aromatic nitrogens is 2. The van der Waals surface area contributed by atoms with Crippen molar-refractivity contribution < 1.29 is 22.7 Å². The zero-order valence-corrected chi connectivity index (χ0v) is 17.7. The van der Waals surface area contributed by atoms with Gasteiger partial charge in [0.1, 0.15) is 23.2 Å². The molecule has 0 spiro atoms. The van der Waals surface area contributed by atoms with E-state index in [-0.39, 0.29) is 24.0 Å². The average Bonchev–Trinajstić information content (AvgIpc) is 3.11. The molecule has 33 heavy (non-hydrogen) atoms. The fourth-order valence-electron chi connectivity index (χ4n) is 3.30. The zero-order chi connectivity index (χ0) is 23.4. The van der Waals surface area contributed by atoms with Crippen LogP contribution in [0.2, 0.25) is 0 Å². The first-order valence-corrected chi connectivity index (χ1v) is 10.2. The number of carbonyl (C=O) groups excluding carboxylic acids is 1. The van der Waals surface area contributed by atoms with Gasteiger partial charge in [-0.2, -0.15) is 5.10 Å². The van der Waals surface area contributed by atoms with Crippen LogP contribution in [0, 0.1) is 24.4 Å². The van der Waals surface area contributed by atoms with Crippen molar-refractivity contribution in [2.45, 2.75) is 19.8 Å². The van der Waals surface area contributed by atoms with Gasteiger partial charge >= 0.3 is 0 Å². The monoisotopic (exact) mass is 451 g/mol. The lowest BCUT2D eigenvalue weighted by Gasteiger charge is -2.12. The Hall–Kier alpha value is -4.07. The second-order valence-electron chi connectivity index (χ2n) is 7.37. The summed E-state index contributed by atoms with van der Waals surface area (Å²) >= 11 is 0. The number of halogens is 3. The molecule has 0 radical (unpaired) electrons. The molecule has 168 valence electrons. The van der Waals surface area contributed by atoms with Crippen LogP contribution >= 0.6 is 0 Å². The number of ether oxygens (including phenoxy) is 1. The number of hydrogen-bond donors (Lipinski definition) is 1. The van der Waals surface area contributed by atoms with Gasteiger partial charge in [-0.25, -0.2) is 17.9 Å². The maximum atomic E-state index is 13.4. The fourth-order valence-corrected chi connectivity index (χ4v) is 3.30. The average molecular weight is 451 g/mol. The van der Waals surface area contributed by atoms with E-state index in [2.05, 4.69) is 10.4 Å². The van der Waals surface area contributed by atoms with E-state index >= 15 is 0 Å². The Kier molecular flexibility index (Phi) is 6.44. The van der Waals surface area contributed by atoms with Gasteiger partial charge in [0.15, 0.2) is 0 Å². The molecule has 0 unspecified atom stereocenters. The van der Waals surface area contributed by atoms with Gasteiger partial charge in [-0.3, -0.25) is 4.79 Å². The van der Waals surface area contributed by atoms with E-state index in [0.29, 0.717) is 40.7 Å². The SMILES string of the molecule is Cc1nn(-c2ccc(F)cc2)c(Oc2ccc(F)cc2)c1CCC(=O)Nc1ccc(F)cc1. The molecule has 3 aromatic carbocycles. The van der Waals surface area contributed by atoms with Crippen LogP contribution in [-0.2, 0) is 11.2 Å². The molecule has 1 heterocycles. The second kappa shape index (κ2) is 9.60. The maximum Gasteiger partial charge on any atom is 0.226 e. The lowest BCUT2D eigenvalue weighted by molar-refractivity contribution is -0.116. The van der Waals surface area contributed by atoms with Crippen LogP contribution in [0.25, 0.3) is 5.69 Å². The van der Waals surface area contributed by atoms with Crippen molar-refractivity contribution in [3.63, 3.8) is 0 Å². The number of benzene rings is 3. The van der Waals surface area contributed by atoms with Crippen LogP contribution in [0.4, 0.5) is 18.9 Å². The minimum atomic E-state index is -0.400. The Morgan fingerprint density at radius 2 is 1.42 bits per heavy atom. The molecule has 4 rings (SSSR count). The van der Waals surface area contributed by atoms with Crippen LogP contribution in [0.3, 0.4) is 0 Å². The van der Waals surface area contributed by atoms with E-state index in [4.69, 9.17) is 4.74 Å². The molecule has 0 saturated carbocycles. The Balaban J connectivity index is 1.60. The molecule has 0 fully saturated rings. The minimum Gasteiger partial charge on any atom is -0.439 e. The molecule has 4 aromatic rings. The lowest BCUT2D eigenvalue weighted by Crippen LogP contribution is -2.12. The summed E-state index contributed by atoms with van der Waals surface area (Å²) in [5.74, 6) is -0.704. The predicted molar refractivity (Wildman–Crippen MR) is 118 cm³/mol. The summed E-state index contributed by atoms with van der Waals surface area (Å²) in [6.45, 7) is 1.78. The van der Waals surface area contributed by atoms with Crippen LogP contribution in [0.1, 0.15) is 17.7 Å². The van der Waals surface area contributed by atoms with Crippen LogP contribution < -0.4 is 10.1 Å². The molecule has 5 nitrogen and oxygen atoms in total. The molecule has 8 heteroatoms. The first kappa shape index (κ1) is 22.1. The molecule has 0 atom stereocenters.